The fourth-order valence-corrected chi connectivity index (χ4v) is 3.06. The highest BCUT2D eigenvalue weighted by Gasteiger charge is 2.31. The van der Waals surface area contributed by atoms with E-state index in [0.29, 0.717) is 25.2 Å². The summed E-state index contributed by atoms with van der Waals surface area (Å²) in [6, 6.07) is 6.29. The molecule has 1 fully saturated rings. The molecule has 18 heavy (non-hydrogen) atoms. The summed E-state index contributed by atoms with van der Waals surface area (Å²) in [5.41, 5.74) is 0.549. The number of halogens is 1. The van der Waals surface area contributed by atoms with Crippen molar-refractivity contribution < 1.29 is 12.8 Å². The minimum atomic E-state index is -3.22. The minimum absolute atomic E-state index is 0.227. The lowest BCUT2D eigenvalue weighted by atomic mass is 10.0. The lowest BCUT2D eigenvalue weighted by molar-refractivity contribution is 0.146. The standard InChI is InChI=1S/C12H17FN2O2S/c1-14-7-8-15(18(2,16)17)9-12(14)10-5-3-4-6-11(10)13/h3-6,12H,7-9H2,1-2H3. The summed E-state index contributed by atoms with van der Waals surface area (Å²) in [7, 11) is -1.33. The van der Waals surface area contributed by atoms with Crippen LogP contribution in [0.1, 0.15) is 11.6 Å². The van der Waals surface area contributed by atoms with Crippen LogP contribution >= 0.6 is 0 Å². The van der Waals surface area contributed by atoms with E-state index >= 15 is 0 Å². The van der Waals surface area contributed by atoms with Gasteiger partial charge in [-0.25, -0.2) is 12.8 Å². The van der Waals surface area contributed by atoms with E-state index in [1.54, 1.807) is 18.2 Å². The second-order valence-corrected chi connectivity index (χ2v) is 6.62. The molecule has 0 spiro atoms. The monoisotopic (exact) mass is 272 g/mol. The molecule has 0 aliphatic carbocycles. The fourth-order valence-electron chi connectivity index (χ4n) is 2.23. The topological polar surface area (TPSA) is 40.6 Å². The minimum Gasteiger partial charge on any atom is -0.297 e. The Morgan fingerprint density at radius 3 is 2.56 bits per heavy atom. The largest absolute Gasteiger partial charge is 0.297 e. The van der Waals surface area contributed by atoms with Gasteiger partial charge in [0.25, 0.3) is 0 Å². The SMILES string of the molecule is CN1CCN(S(C)(=O)=O)CC1c1ccccc1F. The van der Waals surface area contributed by atoms with Gasteiger partial charge in [-0.1, -0.05) is 18.2 Å². The zero-order valence-electron chi connectivity index (χ0n) is 10.5. The van der Waals surface area contributed by atoms with Gasteiger partial charge < -0.3 is 0 Å². The van der Waals surface area contributed by atoms with Gasteiger partial charge in [0.15, 0.2) is 0 Å². The molecule has 4 nitrogen and oxygen atoms in total. The van der Waals surface area contributed by atoms with Gasteiger partial charge in [-0.2, -0.15) is 4.31 Å². The number of benzene rings is 1. The lowest BCUT2D eigenvalue weighted by Crippen LogP contribution is -2.48. The van der Waals surface area contributed by atoms with Gasteiger partial charge in [0, 0.05) is 25.2 Å². The van der Waals surface area contributed by atoms with E-state index < -0.39 is 10.0 Å². The molecule has 0 saturated carbocycles. The number of sulfonamides is 1. The molecule has 0 radical (unpaired) electrons. The molecule has 6 heteroatoms. The first-order valence-electron chi connectivity index (χ1n) is 5.79. The summed E-state index contributed by atoms with van der Waals surface area (Å²) in [6.45, 7) is 1.36. The molecule has 1 aromatic rings. The Bertz CT molecular complexity index is 533. The van der Waals surface area contributed by atoms with Crippen molar-refractivity contribution in [1.29, 1.82) is 0 Å². The molecule has 1 unspecified atom stereocenters. The molecule has 100 valence electrons. The van der Waals surface area contributed by atoms with Crippen LogP contribution in [0.3, 0.4) is 0 Å². The average molecular weight is 272 g/mol. The van der Waals surface area contributed by atoms with Crippen molar-refractivity contribution in [2.45, 2.75) is 6.04 Å². The molecule has 0 bridgehead atoms. The van der Waals surface area contributed by atoms with Gasteiger partial charge in [-0.05, 0) is 13.1 Å². The van der Waals surface area contributed by atoms with Gasteiger partial charge >= 0.3 is 0 Å². The number of nitrogens with zero attached hydrogens (tertiary/aromatic N) is 2. The first-order chi connectivity index (χ1) is 8.39. The van der Waals surface area contributed by atoms with Crippen molar-refractivity contribution in [3.05, 3.63) is 35.6 Å². The van der Waals surface area contributed by atoms with Gasteiger partial charge in [0.1, 0.15) is 5.82 Å². The third-order valence-corrected chi connectivity index (χ3v) is 4.61. The maximum absolute atomic E-state index is 13.8. The van der Waals surface area contributed by atoms with Crippen LogP contribution in [0.25, 0.3) is 0 Å². The Morgan fingerprint density at radius 1 is 1.28 bits per heavy atom. The summed E-state index contributed by atoms with van der Waals surface area (Å²) < 4.78 is 38.3. The Morgan fingerprint density at radius 2 is 1.94 bits per heavy atom. The summed E-state index contributed by atoms with van der Waals surface area (Å²) in [5, 5.41) is 0. The van der Waals surface area contributed by atoms with Crippen molar-refractivity contribution in [3.63, 3.8) is 0 Å². The molecule has 1 aliphatic rings. The number of rotatable bonds is 2. The van der Waals surface area contributed by atoms with Crippen LogP contribution in [-0.4, -0.2) is 50.6 Å². The van der Waals surface area contributed by atoms with E-state index in [4.69, 9.17) is 0 Å². The van der Waals surface area contributed by atoms with Crippen LogP contribution in [0.2, 0.25) is 0 Å². The van der Waals surface area contributed by atoms with Gasteiger partial charge in [0.2, 0.25) is 10.0 Å². The maximum atomic E-state index is 13.8. The van der Waals surface area contributed by atoms with E-state index in [0.717, 1.165) is 0 Å². The summed E-state index contributed by atoms with van der Waals surface area (Å²) in [4.78, 5) is 1.99. The zero-order valence-corrected chi connectivity index (χ0v) is 11.3. The van der Waals surface area contributed by atoms with E-state index in [-0.39, 0.29) is 11.9 Å². The molecule has 0 amide bonds. The van der Waals surface area contributed by atoms with E-state index in [1.165, 1.54) is 16.6 Å². The highest BCUT2D eigenvalue weighted by molar-refractivity contribution is 7.88. The predicted molar refractivity (Wildman–Crippen MR) is 68.2 cm³/mol. The molecule has 1 aromatic carbocycles. The predicted octanol–water partition coefficient (Wildman–Crippen LogP) is 1.07. The first-order valence-corrected chi connectivity index (χ1v) is 7.64. The van der Waals surface area contributed by atoms with Gasteiger partial charge in [0.05, 0.1) is 12.3 Å². The van der Waals surface area contributed by atoms with Crippen LogP contribution in [0.4, 0.5) is 4.39 Å². The molecule has 1 atom stereocenters. The molecule has 0 aromatic heterocycles. The lowest BCUT2D eigenvalue weighted by Gasteiger charge is -2.38. The Kier molecular flexibility index (Phi) is 3.70. The van der Waals surface area contributed by atoms with Gasteiger partial charge in [-0.15, -0.1) is 0 Å². The Balaban J connectivity index is 2.29. The van der Waals surface area contributed by atoms with Crippen molar-refractivity contribution in [3.8, 4) is 0 Å². The van der Waals surface area contributed by atoms with Crippen molar-refractivity contribution in [2.24, 2.45) is 0 Å². The first kappa shape index (κ1) is 13.5. The number of hydrogen-bond donors (Lipinski definition) is 0. The molecule has 2 rings (SSSR count). The zero-order chi connectivity index (χ0) is 13.3. The van der Waals surface area contributed by atoms with Crippen molar-refractivity contribution in [2.75, 3.05) is 32.9 Å². The fraction of sp³-hybridized carbons (Fsp3) is 0.500. The molecular weight excluding hydrogens is 255 g/mol. The van der Waals surface area contributed by atoms with E-state index in [9.17, 15) is 12.8 Å². The van der Waals surface area contributed by atoms with Crippen LogP contribution in [0, 0.1) is 5.82 Å². The van der Waals surface area contributed by atoms with E-state index in [2.05, 4.69) is 0 Å². The Hall–Kier alpha value is -0.980. The quantitative estimate of drug-likeness (QED) is 0.808. The normalized spacial score (nSPS) is 23.2. The summed E-state index contributed by atoms with van der Waals surface area (Å²) >= 11 is 0. The number of hydrogen-bond acceptors (Lipinski definition) is 3. The van der Waals surface area contributed by atoms with Gasteiger partial charge in [-0.3, -0.25) is 4.90 Å². The smallest absolute Gasteiger partial charge is 0.211 e. The molecular formula is C12H17FN2O2S. The second-order valence-electron chi connectivity index (χ2n) is 4.64. The summed E-state index contributed by atoms with van der Waals surface area (Å²) in [5.74, 6) is -0.287. The number of likely N-dealkylation sites (N-methyl/N-ethyl adjacent to an activating group) is 1. The molecule has 1 aliphatic heterocycles. The van der Waals surface area contributed by atoms with E-state index in [1.807, 2.05) is 11.9 Å². The van der Waals surface area contributed by atoms with Crippen LogP contribution < -0.4 is 0 Å². The average Bonchev–Trinajstić information content (AvgIpc) is 2.29. The van der Waals surface area contributed by atoms with Crippen LogP contribution in [0.5, 0.6) is 0 Å². The molecule has 0 N–H and O–H groups in total. The second kappa shape index (κ2) is 4.95. The third kappa shape index (κ3) is 2.71. The number of piperazine rings is 1. The Labute approximate surface area is 107 Å². The summed E-state index contributed by atoms with van der Waals surface area (Å²) in [6.07, 6.45) is 1.19. The van der Waals surface area contributed by atoms with Crippen LogP contribution in [-0.2, 0) is 10.0 Å². The maximum Gasteiger partial charge on any atom is 0.211 e. The van der Waals surface area contributed by atoms with Crippen LogP contribution in [0.15, 0.2) is 24.3 Å². The molecule has 1 heterocycles. The van der Waals surface area contributed by atoms with Crippen molar-refractivity contribution in [1.82, 2.24) is 9.21 Å². The molecule has 1 saturated heterocycles. The highest BCUT2D eigenvalue weighted by atomic mass is 32.2. The van der Waals surface area contributed by atoms with Crippen molar-refractivity contribution >= 4 is 10.0 Å². The third-order valence-electron chi connectivity index (χ3n) is 3.34. The highest BCUT2D eigenvalue weighted by Crippen LogP contribution is 2.26.